The number of hydrogen-bond donors (Lipinski definition) is 3. The molecule has 4 atom stereocenters. The van der Waals surface area contributed by atoms with Crippen LogP contribution in [0.25, 0.3) is 0 Å². The van der Waals surface area contributed by atoms with Crippen LogP contribution in [-0.2, 0) is 17.8 Å². The van der Waals surface area contributed by atoms with Gasteiger partial charge in [0.05, 0.1) is 25.4 Å². The molecule has 0 bridgehead atoms. The van der Waals surface area contributed by atoms with E-state index >= 15 is 0 Å². The molecular formula is C25H23BrO5. The van der Waals surface area contributed by atoms with E-state index in [1.54, 1.807) is 12.1 Å². The molecule has 160 valence electrons. The molecule has 31 heavy (non-hydrogen) atoms. The molecule has 1 saturated carbocycles. The Morgan fingerprint density at radius 1 is 1.10 bits per heavy atom. The molecule has 5 rings (SSSR count). The third-order valence-electron chi connectivity index (χ3n) is 6.65. The van der Waals surface area contributed by atoms with Crippen molar-refractivity contribution >= 4 is 15.9 Å². The highest BCUT2D eigenvalue weighted by atomic mass is 79.9. The van der Waals surface area contributed by atoms with Crippen LogP contribution in [0.2, 0.25) is 0 Å². The maximum atomic E-state index is 12.3. The summed E-state index contributed by atoms with van der Waals surface area (Å²) in [6.07, 6.45) is -0.766. The highest BCUT2D eigenvalue weighted by molar-refractivity contribution is 9.10. The van der Waals surface area contributed by atoms with Gasteiger partial charge in [0.15, 0.2) is 11.2 Å². The van der Waals surface area contributed by atoms with Crippen molar-refractivity contribution in [1.29, 1.82) is 0 Å². The van der Waals surface area contributed by atoms with Gasteiger partial charge in [-0.3, -0.25) is 0 Å². The Morgan fingerprint density at radius 3 is 2.45 bits per heavy atom. The van der Waals surface area contributed by atoms with E-state index in [2.05, 4.69) is 15.9 Å². The second-order valence-electron chi connectivity index (χ2n) is 8.16. The van der Waals surface area contributed by atoms with Crippen molar-refractivity contribution in [2.45, 2.75) is 36.3 Å². The number of methoxy groups -OCH3 is 1. The first-order chi connectivity index (χ1) is 15.0. The van der Waals surface area contributed by atoms with Crippen molar-refractivity contribution < 1.29 is 24.8 Å². The zero-order valence-corrected chi connectivity index (χ0v) is 18.5. The van der Waals surface area contributed by atoms with Crippen LogP contribution >= 0.6 is 15.9 Å². The van der Waals surface area contributed by atoms with Crippen molar-refractivity contribution in [3.05, 3.63) is 93.5 Å². The molecule has 1 aliphatic heterocycles. The lowest BCUT2D eigenvalue weighted by Crippen LogP contribution is -2.52. The van der Waals surface area contributed by atoms with E-state index in [9.17, 15) is 15.3 Å². The third-order valence-corrected chi connectivity index (χ3v) is 7.18. The second-order valence-corrected chi connectivity index (χ2v) is 9.07. The average molecular weight is 483 g/mol. The van der Waals surface area contributed by atoms with Crippen molar-refractivity contribution in [3.8, 4) is 11.5 Å². The smallest absolute Gasteiger partial charge is 0.176 e. The first-order valence-electron chi connectivity index (χ1n) is 10.2. The Hall–Kier alpha value is -2.38. The van der Waals surface area contributed by atoms with Crippen LogP contribution in [-0.4, -0.2) is 28.5 Å². The Labute approximate surface area is 189 Å². The van der Waals surface area contributed by atoms with Crippen molar-refractivity contribution in [3.63, 3.8) is 0 Å². The van der Waals surface area contributed by atoms with Gasteiger partial charge < -0.3 is 24.8 Å². The Balaban J connectivity index is 1.82. The van der Waals surface area contributed by atoms with Gasteiger partial charge in [0.2, 0.25) is 0 Å². The molecule has 6 heteroatoms. The number of ether oxygens (including phenoxy) is 2. The zero-order chi connectivity index (χ0) is 21.8. The highest BCUT2D eigenvalue weighted by Gasteiger charge is 2.73. The molecule has 0 aromatic heterocycles. The van der Waals surface area contributed by atoms with Gasteiger partial charge in [0, 0.05) is 10.4 Å². The number of aliphatic hydroxyl groups excluding tert-OH is 2. The molecular weight excluding hydrogens is 460 g/mol. The van der Waals surface area contributed by atoms with Crippen molar-refractivity contribution in [1.82, 2.24) is 0 Å². The van der Waals surface area contributed by atoms with E-state index in [0.29, 0.717) is 29.0 Å². The summed E-state index contributed by atoms with van der Waals surface area (Å²) in [5.41, 5.74) is -0.257. The lowest BCUT2D eigenvalue weighted by molar-refractivity contribution is -0.149. The normalized spacial score (nSPS) is 28.7. The molecule has 3 aromatic rings. The maximum Gasteiger partial charge on any atom is 0.176 e. The predicted molar refractivity (Wildman–Crippen MR) is 119 cm³/mol. The largest absolute Gasteiger partial charge is 0.496 e. The van der Waals surface area contributed by atoms with Gasteiger partial charge >= 0.3 is 0 Å². The minimum absolute atomic E-state index is 0.193. The minimum atomic E-state index is -1.74. The number of fused-ring (bicyclic) bond motifs is 3. The summed E-state index contributed by atoms with van der Waals surface area (Å²) in [7, 11) is 1.51. The minimum Gasteiger partial charge on any atom is -0.496 e. The van der Waals surface area contributed by atoms with Crippen molar-refractivity contribution in [2.24, 2.45) is 0 Å². The summed E-state index contributed by atoms with van der Waals surface area (Å²) in [6, 6.07) is 20.8. The van der Waals surface area contributed by atoms with Gasteiger partial charge in [-0.15, -0.1) is 0 Å². The molecule has 2 aliphatic rings. The van der Waals surface area contributed by atoms with Gasteiger partial charge in [-0.2, -0.15) is 0 Å². The van der Waals surface area contributed by atoms with Gasteiger partial charge in [0.1, 0.15) is 11.5 Å². The summed E-state index contributed by atoms with van der Waals surface area (Å²) in [6.45, 7) is -0.193. The molecule has 0 radical (unpaired) electrons. The number of aliphatic hydroxyl groups is 3. The highest BCUT2D eigenvalue weighted by Crippen LogP contribution is 2.68. The van der Waals surface area contributed by atoms with Crippen LogP contribution in [0.5, 0.6) is 11.5 Å². The summed E-state index contributed by atoms with van der Waals surface area (Å²) in [4.78, 5) is 0. The lowest BCUT2D eigenvalue weighted by atomic mass is 9.71. The second kappa shape index (κ2) is 7.35. The third kappa shape index (κ3) is 2.72. The van der Waals surface area contributed by atoms with Gasteiger partial charge in [-0.25, -0.2) is 0 Å². The molecule has 0 spiro atoms. The topological polar surface area (TPSA) is 79.2 Å². The molecule has 1 unspecified atom stereocenters. The number of halogens is 1. The van der Waals surface area contributed by atoms with Gasteiger partial charge in [0.25, 0.3) is 0 Å². The molecule has 1 aliphatic carbocycles. The predicted octanol–water partition coefficient (Wildman–Crippen LogP) is 3.97. The van der Waals surface area contributed by atoms with E-state index in [1.807, 2.05) is 54.6 Å². The number of benzene rings is 3. The Kier molecular flexibility index (Phi) is 4.86. The summed E-state index contributed by atoms with van der Waals surface area (Å²) >= 11 is 3.48. The molecule has 0 amide bonds. The maximum absolute atomic E-state index is 12.3. The monoisotopic (exact) mass is 482 g/mol. The summed E-state index contributed by atoms with van der Waals surface area (Å²) in [5.74, 6) is 0.480. The molecule has 3 N–H and O–H groups in total. The molecule has 5 nitrogen and oxygen atoms in total. The fourth-order valence-electron chi connectivity index (χ4n) is 5.33. The van der Waals surface area contributed by atoms with E-state index in [0.717, 1.165) is 15.6 Å². The van der Waals surface area contributed by atoms with E-state index < -0.39 is 17.3 Å². The number of hydrogen-bond acceptors (Lipinski definition) is 5. The summed E-state index contributed by atoms with van der Waals surface area (Å²) in [5, 5.41) is 33.3. The fourth-order valence-corrected chi connectivity index (χ4v) is 5.60. The Morgan fingerprint density at radius 2 is 1.81 bits per heavy atom. The van der Waals surface area contributed by atoms with E-state index in [4.69, 9.17) is 9.47 Å². The number of rotatable bonds is 4. The SMILES string of the molecule is COc1cc(CO)cc2c1[C@]1(O)[C@H](O)CC(c3ccccc3)[C@]1(c1ccc(Br)cc1)O2. The molecule has 0 saturated heterocycles. The van der Waals surface area contributed by atoms with Crippen LogP contribution < -0.4 is 9.47 Å². The van der Waals surface area contributed by atoms with Crippen LogP contribution in [0, 0.1) is 0 Å². The Bertz CT molecular complexity index is 1120. The van der Waals surface area contributed by atoms with Crippen LogP contribution in [0.3, 0.4) is 0 Å². The van der Waals surface area contributed by atoms with E-state index in [-0.39, 0.29) is 12.5 Å². The average Bonchev–Trinajstić information content (AvgIpc) is 3.19. The van der Waals surface area contributed by atoms with Gasteiger partial charge in [-0.05, 0) is 47.4 Å². The summed E-state index contributed by atoms with van der Waals surface area (Å²) < 4.78 is 13.2. The molecule has 1 heterocycles. The quantitative estimate of drug-likeness (QED) is 0.524. The van der Waals surface area contributed by atoms with Crippen LogP contribution in [0.15, 0.2) is 71.2 Å². The van der Waals surface area contributed by atoms with E-state index in [1.165, 1.54) is 7.11 Å². The van der Waals surface area contributed by atoms with Crippen molar-refractivity contribution in [2.75, 3.05) is 7.11 Å². The lowest BCUT2D eigenvalue weighted by Gasteiger charge is -2.40. The standard InChI is InChI=1S/C25H23BrO5/c1-30-20-11-15(14-27)12-21-23(20)24(29)22(28)13-19(16-5-3-2-4-6-16)25(24,31-21)17-7-9-18(26)10-8-17/h2-12,19,22,27-29H,13-14H2,1H3/t19?,22-,24-,25+/m1/s1. The first-order valence-corrected chi connectivity index (χ1v) is 11.0. The zero-order valence-electron chi connectivity index (χ0n) is 17.0. The van der Waals surface area contributed by atoms with Crippen LogP contribution in [0.4, 0.5) is 0 Å². The fraction of sp³-hybridized carbons (Fsp3) is 0.280. The first kappa shape index (κ1) is 20.5. The van der Waals surface area contributed by atoms with Crippen LogP contribution in [0.1, 0.15) is 34.6 Å². The molecule has 3 aromatic carbocycles. The van der Waals surface area contributed by atoms with Gasteiger partial charge in [-0.1, -0.05) is 58.4 Å². The molecule has 1 fully saturated rings.